The SMILES string of the molecule is CC(C)[C@H](CC(=O)CN1C(=O)C=CC1=O)C(=O)N[C@@H](C)C(=O)C[C@@H](CCN(C(=O)CO)[C@@H](c1cc(-c2cc(F)ccc2F)cn1Cc1ccccc1)C(C)(C)C)C(=O)O. The Kier molecular flexibility index (Phi) is 15.4. The van der Waals surface area contributed by atoms with Crippen LogP contribution in [0.25, 0.3) is 11.1 Å². The van der Waals surface area contributed by atoms with E-state index in [4.69, 9.17) is 0 Å². The zero-order valence-corrected chi connectivity index (χ0v) is 34.1. The standard InChI is InChI=1S/C44H52F2N4O9/c1-26(2)33(21-32(52)24-50-38(54)14-15-39(50)55)42(57)47-27(3)37(53)19-29(43(58)59)16-17-49(40(56)25-51)41(44(4,5)6)36-18-30(34-20-31(45)12-13-35(34)46)23-48(36)22-28-10-8-7-9-11-28/h7-15,18,20,23,26-27,29,33,41,51H,16-17,19,21-22,24-25H2,1-6H3,(H,47,57)(H,58,59)/t27-,29+,33-,41-/m0/s1. The number of amides is 4. The first-order valence-electron chi connectivity index (χ1n) is 19.4. The number of carbonyl (C=O) groups is 7. The monoisotopic (exact) mass is 818 g/mol. The molecule has 4 amide bonds. The first-order chi connectivity index (χ1) is 27.7. The normalized spacial score (nSPS) is 14.9. The maximum atomic E-state index is 15.1. The molecule has 0 fully saturated rings. The summed E-state index contributed by atoms with van der Waals surface area (Å²) in [6, 6.07) is 12.1. The van der Waals surface area contributed by atoms with Crippen LogP contribution in [0.2, 0.25) is 0 Å². The van der Waals surface area contributed by atoms with E-state index in [0.29, 0.717) is 11.3 Å². The summed E-state index contributed by atoms with van der Waals surface area (Å²) >= 11 is 0. The van der Waals surface area contributed by atoms with E-state index < -0.39 is 102 Å². The molecule has 316 valence electrons. The van der Waals surface area contributed by atoms with E-state index >= 15 is 4.39 Å². The van der Waals surface area contributed by atoms with Crippen molar-refractivity contribution in [3.8, 4) is 11.1 Å². The van der Waals surface area contributed by atoms with Gasteiger partial charge in [0, 0.05) is 67.0 Å². The molecule has 3 N–H and O–H groups in total. The molecule has 15 heteroatoms. The number of halogens is 2. The molecule has 3 aromatic rings. The second-order valence-corrected chi connectivity index (χ2v) is 16.3. The third kappa shape index (κ3) is 11.9. The highest BCUT2D eigenvalue weighted by molar-refractivity contribution is 6.14. The molecule has 0 radical (unpaired) electrons. The Morgan fingerprint density at radius 3 is 2.12 bits per heavy atom. The van der Waals surface area contributed by atoms with Gasteiger partial charge in [-0.3, -0.25) is 38.5 Å². The molecule has 1 aromatic heterocycles. The summed E-state index contributed by atoms with van der Waals surface area (Å²) in [6.45, 7) is 8.96. The van der Waals surface area contributed by atoms with E-state index in [1.54, 1.807) is 26.1 Å². The van der Waals surface area contributed by atoms with Crippen LogP contribution in [-0.2, 0) is 40.1 Å². The molecule has 2 aromatic carbocycles. The Labute approximate surface area is 342 Å². The van der Waals surface area contributed by atoms with Gasteiger partial charge in [0.2, 0.25) is 11.8 Å². The van der Waals surface area contributed by atoms with Gasteiger partial charge in [-0.25, -0.2) is 8.78 Å². The van der Waals surface area contributed by atoms with Crippen molar-refractivity contribution in [2.45, 2.75) is 79.4 Å². The first kappa shape index (κ1) is 45.9. The van der Waals surface area contributed by atoms with E-state index in [1.165, 1.54) is 11.8 Å². The molecule has 59 heavy (non-hydrogen) atoms. The molecule has 0 unspecified atom stereocenters. The minimum Gasteiger partial charge on any atom is -0.481 e. The van der Waals surface area contributed by atoms with Crippen LogP contribution in [0, 0.1) is 34.8 Å². The number of nitrogens with zero attached hydrogens (tertiary/aromatic N) is 3. The van der Waals surface area contributed by atoms with E-state index in [-0.39, 0.29) is 37.4 Å². The Hall–Kier alpha value is -5.83. The second kappa shape index (κ2) is 19.7. The summed E-state index contributed by atoms with van der Waals surface area (Å²) in [7, 11) is 0. The molecule has 0 saturated carbocycles. The van der Waals surface area contributed by atoms with Crippen molar-refractivity contribution in [2.75, 3.05) is 19.7 Å². The maximum absolute atomic E-state index is 15.1. The third-order valence-corrected chi connectivity index (χ3v) is 10.4. The zero-order chi connectivity index (χ0) is 43.8. The number of carbonyl (C=O) groups excluding carboxylic acids is 6. The highest BCUT2D eigenvalue weighted by Crippen LogP contribution is 2.41. The smallest absolute Gasteiger partial charge is 0.307 e. The fourth-order valence-electron chi connectivity index (χ4n) is 7.23. The number of aliphatic carboxylic acids is 1. The topological polar surface area (TPSA) is 183 Å². The molecule has 0 aliphatic carbocycles. The largest absolute Gasteiger partial charge is 0.481 e. The number of hydrogen-bond donors (Lipinski definition) is 3. The Morgan fingerprint density at radius 1 is 0.898 bits per heavy atom. The van der Waals surface area contributed by atoms with Gasteiger partial charge in [0.25, 0.3) is 11.8 Å². The van der Waals surface area contributed by atoms with Crippen LogP contribution in [0.5, 0.6) is 0 Å². The highest BCUT2D eigenvalue weighted by Gasteiger charge is 2.38. The van der Waals surface area contributed by atoms with Crippen molar-refractivity contribution >= 4 is 41.2 Å². The predicted octanol–water partition coefficient (Wildman–Crippen LogP) is 5.10. The lowest BCUT2D eigenvalue weighted by Crippen LogP contribution is -2.46. The predicted molar refractivity (Wildman–Crippen MR) is 213 cm³/mol. The number of aliphatic hydroxyl groups excluding tert-OH is 1. The van der Waals surface area contributed by atoms with E-state index in [9.17, 15) is 48.2 Å². The van der Waals surface area contributed by atoms with E-state index in [1.807, 2.05) is 55.7 Å². The second-order valence-electron chi connectivity index (χ2n) is 16.3. The van der Waals surface area contributed by atoms with Gasteiger partial charge in [0.1, 0.15) is 18.2 Å². The molecular weight excluding hydrogens is 766 g/mol. The van der Waals surface area contributed by atoms with Crippen LogP contribution in [0.4, 0.5) is 8.78 Å². The van der Waals surface area contributed by atoms with Gasteiger partial charge in [0.15, 0.2) is 11.6 Å². The van der Waals surface area contributed by atoms with E-state index in [2.05, 4.69) is 5.32 Å². The number of benzene rings is 2. The Balaban J connectivity index is 1.56. The molecular formula is C44H52F2N4O9. The average molecular weight is 819 g/mol. The molecule has 1 aliphatic heterocycles. The zero-order valence-electron chi connectivity index (χ0n) is 34.1. The average Bonchev–Trinajstić information content (AvgIpc) is 3.72. The van der Waals surface area contributed by atoms with Crippen LogP contribution in [0.1, 0.15) is 78.1 Å². The van der Waals surface area contributed by atoms with Gasteiger partial charge in [-0.1, -0.05) is 65.0 Å². The minimum atomic E-state index is -1.33. The number of carboxylic acid groups (broad SMARTS) is 1. The molecule has 1 aliphatic rings. The summed E-state index contributed by atoms with van der Waals surface area (Å²) in [5.74, 6) is -9.05. The number of aromatic nitrogens is 1. The van der Waals surface area contributed by atoms with Gasteiger partial charge in [-0.15, -0.1) is 0 Å². The number of nitrogens with one attached hydrogen (secondary N) is 1. The molecule has 0 saturated heterocycles. The van der Waals surface area contributed by atoms with Crippen molar-refractivity contribution in [1.82, 2.24) is 19.7 Å². The summed E-state index contributed by atoms with van der Waals surface area (Å²) in [5, 5.41) is 23.0. The molecule has 13 nitrogen and oxygen atoms in total. The third-order valence-electron chi connectivity index (χ3n) is 10.4. The van der Waals surface area contributed by atoms with Crippen molar-refractivity contribution in [2.24, 2.45) is 23.2 Å². The van der Waals surface area contributed by atoms with Crippen LogP contribution in [0.3, 0.4) is 0 Å². The fraction of sp³-hybridized carbons (Fsp3) is 0.432. The quantitative estimate of drug-likeness (QED) is 0.131. The number of aliphatic hydroxyl groups is 1. The van der Waals surface area contributed by atoms with Crippen molar-refractivity contribution in [3.05, 3.63) is 95.8 Å². The Morgan fingerprint density at radius 2 is 1.54 bits per heavy atom. The number of hydrogen-bond acceptors (Lipinski definition) is 8. The van der Waals surface area contributed by atoms with Crippen LogP contribution in [0.15, 0.2) is 72.9 Å². The minimum absolute atomic E-state index is 0.00431. The highest BCUT2D eigenvalue weighted by atomic mass is 19.1. The van der Waals surface area contributed by atoms with Crippen molar-refractivity contribution in [3.63, 3.8) is 0 Å². The molecule has 4 atom stereocenters. The number of carboxylic acids is 1. The summed E-state index contributed by atoms with van der Waals surface area (Å²) < 4.78 is 31.3. The van der Waals surface area contributed by atoms with Gasteiger partial charge in [-0.05, 0) is 54.5 Å². The molecule has 0 bridgehead atoms. The number of ketones is 2. The first-order valence-corrected chi connectivity index (χ1v) is 19.4. The summed E-state index contributed by atoms with van der Waals surface area (Å²) in [5.41, 5.74) is 0.938. The molecule has 2 heterocycles. The number of imide groups is 1. The lowest BCUT2D eigenvalue weighted by molar-refractivity contribution is -0.146. The van der Waals surface area contributed by atoms with Gasteiger partial charge in [-0.2, -0.15) is 0 Å². The van der Waals surface area contributed by atoms with Crippen LogP contribution < -0.4 is 5.32 Å². The van der Waals surface area contributed by atoms with E-state index in [0.717, 1.165) is 40.8 Å². The summed E-state index contributed by atoms with van der Waals surface area (Å²) in [4.78, 5) is 91.7. The van der Waals surface area contributed by atoms with Crippen molar-refractivity contribution < 1.29 is 52.6 Å². The lowest BCUT2D eigenvalue weighted by atomic mass is 9.82. The van der Waals surface area contributed by atoms with Gasteiger partial charge < -0.3 is 25.0 Å². The maximum Gasteiger partial charge on any atom is 0.307 e. The lowest BCUT2D eigenvalue weighted by Gasteiger charge is -2.41. The van der Waals surface area contributed by atoms with Gasteiger partial charge >= 0.3 is 5.97 Å². The number of rotatable bonds is 20. The van der Waals surface area contributed by atoms with Crippen molar-refractivity contribution in [1.29, 1.82) is 0 Å². The summed E-state index contributed by atoms with van der Waals surface area (Å²) in [6.07, 6.45) is 2.69. The Bertz CT molecular complexity index is 2070. The number of Topliss-reactive ketones (excluding diaryl/α,β-unsaturated/α-hetero) is 2. The van der Waals surface area contributed by atoms with Crippen LogP contribution >= 0.6 is 0 Å². The van der Waals surface area contributed by atoms with Crippen LogP contribution in [-0.4, -0.2) is 91.5 Å². The fourth-order valence-corrected chi connectivity index (χ4v) is 7.23. The van der Waals surface area contributed by atoms with Gasteiger partial charge in [0.05, 0.1) is 24.5 Å². The molecule has 4 rings (SSSR count). The molecule has 0 spiro atoms.